The Balaban J connectivity index is 1.55. The number of rotatable bonds is 6. The molecule has 3 aromatic carbocycles. The molecule has 0 saturated heterocycles. The molecular formula is C25H21F4N3O3S. The molecule has 0 radical (unpaired) electrons. The molecule has 36 heavy (non-hydrogen) atoms. The Morgan fingerprint density at radius 3 is 2.39 bits per heavy atom. The van der Waals surface area contributed by atoms with E-state index in [1.54, 1.807) is 30.3 Å². The largest absolute Gasteiger partial charge is 0.573 e. The lowest BCUT2D eigenvalue weighted by Crippen LogP contribution is -2.44. The zero-order chi connectivity index (χ0) is 25.9. The van der Waals surface area contributed by atoms with Crippen LogP contribution in [0.3, 0.4) is 0 Å². The van der Waals surface area contributed by atoms with Crippen LogP contribution in [0.2, 0.25) is 0 Å². The normalized spacial score (nSPS) is 15.8. The first kappa shape index (κ1) is 25.5. The van der Waals surface area contributed by atoms with Crippen LogP contribution >= 0.6 is 11.8 Å². The molecule has 6 nitrogen and oxygen atoms in total. The van der Waals surface area contributed by atoms with Crippen molar-refractivity contribution < 1.29 is 31.9 Å². The van der Waals surface area contributed by atoms with Crippen LogP contribution in [0.4, 0.5) is 23.2 Å². The van der Waals surface area contributed by atoms with Crippen LogP contribution in [-0.4, -0.2) is 30.0 Å². The highest BCUT2D eigenvalue weighted by Crippen LogP contribution is 2.36. The highest BCUT2D eigenvalue weighted by Gasteiger charge is 2.32. The van der Waals surface area contributed by atoms with Crippen LogP contribution in [0.25, 0.3) is 0 Å². The molecule has 0 saturated carbocycles. The number of halogens is 4. The predicted octanol–water partition coefficient (Wildman–Crippen LogP) is 4.62. The summed E-state index contributed by atoms with van der Waals surface area (Å²) in [6, 6.07) is 15.1. The van der Waals surface area contributed by atoms with Gasteiger partial charge in [0, 0.05) is 22.8 Å². The van der Waals surface area contributed by atoms with Crippen molar-refractivity contribution in [2.24, 2.45) is 5.73 Å². The number of anilines is 1. The second-order valence-corrected chi connectivity index (χ2v) is 9.09. The molecule has 0 aliphatic carbocycles. The molecule has 1 aliphatic rings. The van der Waals surface area contributed by atoms with Crippen molar-refractivity contribution in [3.8, 4) is 5.75 Å². The number of thioether (sulfide) groups is 1. The average Bonchev–Trinajstić information content (AvgIpc) is 2.95. The smallest absolute Gasteiger partial charge is 0.406 e. The molecular weight excluding hydrogens is 498 g/mol. The molecule has 188 valence electrons. The molecule has 1 aliphatic heterocycles. The molecule has 0 unspecified atom stereocenters. The van der Waals surface area contributed by atoms with E-state index in [0.29, 0.717) is 22.6 Å². The van der Waals surface area contributed by atoms with Crippen molar-refractivity contribution in [1.29, 1.82) is 0 Å². The molecule has 2 amide bonds. The van der Waals surface area contributed by atoms with E-state index in [-0.39, 0.29) is 36.5 Å². The number of nitrogens with one attached hydrogen (secondary N) is 1. The minimum absolute atomic E-state index is 0.0348. The fourth-order valence-electron chi connectivity index (χ4n) is 3.59. The number of amides is 2. The summed E-state index contributed by atoms with van der Waals surface area (Å²) in [6.07, 6.45) is -4.81. The summed E-state index contributed by atoms with van der Waals surface area (Å²) in [7, 11) is 0. The van der Waals surface area contributed by atoms with Gasteiger partial charge in [-0.1, -0.05) is 24.3 Å². The van der Waals surface area contributed by atoms with E-state index in [1.807, 2.05) is 0 Å². The average molecular weight is 520 g/mol. The Labute approximate surface area is 208 Å². The molecule has 0 aromatic heterocycles. The van der Waals surface area contributed by atoms with Crippen molar-refractivity contribution >= 4 is 29.3 Å². The number of ether oxygens (including phenoxy) is 1. The third-order valence-electron chi connectivity index (χ3n) is 5.38. The summed E-state index contributed by atoms with van der Waals surface area (Å²) >= 11 is 1.38. The summed E-state index contributed by atoms with van der Waals surface area (Å²) in [4.78, 5) is 28.0. The van der Waals surface area contributed by atoms with Crippen molar-refractivity contribution in [1.82, 2.24) is 5.32 Å². The SMILES string of the molecule is N[C@H]1CSc2ccc(C(=O)NCc3ccc(F)cc3)cc2N(Cc2ccc(OC(F)(F)F)cc2)C1=O. The van der Waals surface area contributed by atoms with Gasteiger partial charge in [-0.05, 0) is 53.6 Å². The van der Waals surface area contributed by atoms with Gasteiger partial charge in [-0.2, -0.15) is 0 Å². The van der Waals surface area contributed by atoms with E-state index in [0.717, 1.165) is 10.5 Å². The topological polar surface area (TPSA) is 84.7 Å². The van der Waals surface area contributed by atoms with Crippen molar-refractivity contribution in [2.75, 3.05) is 10.7 Å². The first-order valence-electron chi connectivity index (χ1n) is 10.8. The van der Waals surface area contributed by atoms with Gasteiger partial charge in [0.1, 0.15) is 11.6 Å². The fraction of sp³-hybridized carbons (Fsp3) is 0.200. The predicted molar refractivity (Wildman–Crippen MR) is 127 cm³/mol. The maximum atomic E-state index is 13.1. The van der Waals surface area contributed by atoms with Crippen LogP contribution < -0.4 is 20.7 Å². The zero-order valence-electron chi connectivity index (χ0n) is 18.7. The van der Waals surface area contributed by atoms with E-state index in [4.69, 9.17) is 5.73 Å². The van der Waals surface area contributed by atoms with Gasteiger partial charge in [-0.25, -0.2) is 4.39 Å². The summed E-state index contributed by atoms with van der Waals surface area (Å²) in [5, 5.41) is 2.76. The minimum atomic E-state index is -4.81. The number of nitrogens with two attached hydrogens (primary N) is 1. The number of alkyl halides is 3. The maximum Gasteiger partial charge on any atom is 0.573 e. The number of carbonyl (C=O) groups excluding carboxylic acids is 2. The van der Waals surface area contributed by atoms with Gasteiger partial charge in [0.05, 0.1) is 18.3 Å². The number of benzene rings is 3. The molecule has 0 spiro atoms. The lowest BCUT2D eigenvalue weighted by Gasteiger charge is -2.25. The molecule has 4 rings (SSSR count). The van der Waals surface area contributed by atoms with Gasteiger partial charge in [0.2, 0.25) is 5.91 Å². The Morgan fingerprint density at radius 1 is 1.06 bits per heavy atom. The molecule has 3 aromatic rings. The van der Waals surface area contributed by atoms with E-state index in [1.165, 1.54) is 53.1 Å². The van der Waals surface area contributed by atoms with Crippen molar-refractivity contribution in [3.05, 3.63) is 89.2 Å². The second kappa shape index (κ2) is 10.6. The number of nitrogens with zero attached hydrogens (tertiary/aromatic N) is 1. The third-order valence-corrected chi connectivity index (χ3v) is 6.56. The molecule has 1 heterocycles. The molecule has 0 fully saturated rings. The molecule has 11 heteroatoms. The lowest BCUT2D eigenvalue weighted by atomic mass is 10.1. The Morgan fingerprint density at radius 2 is 1.72 bits per heavy atom. The van der Waals surface area contributed by atoms with Gasteiger partial charge in [-0.15, -0.1) is 24.9 Å². The van der Waals surface area contributed by atoms with E-state index < -0.39 is 12.4 Å². The van der Waals surface area contributed by atoms with Gasteiger partial charge >= 0.3 is 6.36 Å². The van der Waals surface area contributed by atoms with Gasteiger partial charge in [0.25, 0.3) is 5.91 Å². The van der Waals surface area contributed by atoms with E-state index >= 15 is 0 Å². The van der Waals surface area contributed by atoms with Crippen LogP contribution in [-0.2, 0) is 17.9 Å². The highest BCUT2D eigenvalue weighted by atomic mass is 32.2. The summed E-state index contributed by atoms with van der Waals surface area (Å²) < 4.78 is 54.3. The molecule has 1 atom stereocenters. The number of carbonyl (C=O) groups is 2. The van der Waals surface area contributed by atoms with Crippen molar-refractivity contribution in [2.45, 2.75) is 30.4 Å². The summed E-state index contributed by atoms with van der Waals surface area (Å²) in [5.74, 6) is -1.18. The number of fused-ring (bicyclic) bond motifs is 1. The lowest BCUT2D eigenvalue weighted by molar-refractivity contribution is -0.274. The van der Waals surface area contributed by atoms with E-state index in [2.05, 4.69) is 10.1 Å². The fourth-order valence-corrected chi connectivity index (χ4v) is 4.57. The standard InChI is InChI=1S/C25H21F4N3O3S/c26-18-6-1-15(2-7-18)12-31-23(33)17-5-10-22-21(11-17)32(24(34)20(30)14-36-22)13-16-3-8-19(9-4-16)35-25(27,28)29/h1-11,20H,12-14,30H2,(H,31,33)/t20-/m0/s1. The second-order valence-electron chi connectivity index (χ2n) is 8.03. The zero-order valence-corrected chi connectivity index (χ0v) is 19.5. The highest BCUT2D eigenvalue weighted by molar-refractivity contribution is 7.99. The molecule has 3 N–H and O–H groups in total. The van der Waals surface area contributed by atoms with Crippen LogP contribution in [0.1, 0.15) is 21.5 Å². The van der Waals surface area contributed by atoms with E-state index in [9.17, 15) is 27.2 Å². The number of hydrogen-bond donors (Lipinski definition) is 2. The summed E-state index contributed by atoms with van der Waals surface area (Å²) in [5.41, 5.74) is 8.10. The monoisotopic (exact) mass is 519 g/mol. The minimum Gasteiger partial charge on any atom is -0.406 e. The van der Waals surface area contributed by atoms with Crippen molar-refractivity contribution in [3.63, 3.8) is 0 Å². The Hall–Kier alpha value is -3.57. The Kier molecular flexibility index (Phi) is 7.51. The maximum absolute atomic E-state index is 13.1. The van der Waals surface area contributed by atoms with Gasteiger partial charge in [-0.3, -0.25) is 9.59 Å². The number of hydrogen-bond acceptors (Lipinski definition) is 5. The van der Waals surface area contributed by atoms with Gasteiger partial charge < -0.3 is 20.7 Å². The Bertz CT molecular complexity index is 1250. The first-order valence-corrected chi connectivity index (χ1v) is 11.8. The van der Waals surface area contributed by atoms with Crippen LogP contribution in [0.5, 0.6) is 5.75 Å². The van der Waals surface area contributed by atoms with Crippen LogP contribution in [0, 0.1) is 5.82 Å². The van der Waals surface area contributed by atoms with Crippen LogP contribution in [0.15, 0.2) is 71.6 Å². The first-order chi connectivity index (χ1) is 17.1. The van der Waals surface area contributed by atoms with Gasteiger partial charge in [0.15, 0.2) is 0 Å². The molecule has 0 bridgehead atoms. The third kappa shape index (κ3) is 6.35. The quantitative estimate of drug-likeness (QED) is 0.465. The summed E-state index contributed by atoms with van der Waals surface area (Å²) in [6.45, 7) is 0.220.